The Balaban J connectivity index is 0.000000194. The molecule has 0 aliphatic carbocycles. The number of hydrogen-bond donors (Lipinski definition) is 2. The quantitative estimate of drug-likeness (QED) is 0.0639. The molecule has 0 aliphatic heterocycles. The van der Waals surface area contributed by atoms with E-state index in [4.69, 9.17) is 19.9 Å². The van der Waals surface area contributed by atoms with Crippen LogP contribution in [0.5, 0.6) is 0 Å². The van der Waals surface area contributed by atoms with Crippen LogP contribution >= 0.6 is 15.9 Å². The number of carbonyl (C=O) groups excluding carboxylic acids is 2. The SMILES string of the molecule is C.C=CC(=O)OC.CNc1cc(/C=C/C(=O)OC)c2nnn(C(c3ccccc3)(c3ccccc3)c3ccccc3)c2n1.CNc1cc(Br)c2nnn(C(c3ccccc3)(c3ccccc3)c3ccccc3)c2n1. The molecule has 2 N–H and O–H groups in total. The predicted molar refractivity (Wildman–Crippen MR) is 297 cm³/mol. The summed E-state index contributed by atoms with van der Waals surface area (Å²) in [4.78, 5) is 31.4. The van der Waals surface area contributed by atoms with Crippen LogP contribution in [0.3, 0.4) is 0 Å². The van der Waals surface area contributed by atoms with E-state index in [1.54, 1.807) is 13.1 Å². The number of nitrogens with zero attached hydrogens (tertiary/aromatic N) is 8. The van der Waals surface area contributed by atoms with Crippen LogP contribution in [-0.2, 0) is 30.1 Å². The summed E-state index contributed by atoms with van der Waals surface area (Å²) in [6.07, 6.45) is 4.15. The zero-order chi connectivity index (χ0) is 51.2. The molecule has 0 spiro atoms. The number of fused-ring (bicyclic) bond motifs is 2. The molecule has 10 rings (SSSR count). The second kappa shape index (κ2) is 24.4. The van der Waals surface area contributed by atoms with Crippen molar-refractivity contribution in [2.75, 3.05) is 38.9 Å². The molecule has 0 fully saturated rings. The molecule has 10 aromatic rings. The first-order valence-electron chi connectivity index (χ1n) is 23.1. The Labute approximate surface area is 438 Å². The van der Waals surface area contributed by atoms with Gasteiger partial charge in [-0.1, -0.05) is 206 Å². The number of rotatable bonds is 13. The molecule has 14 nitrogen and oxygen atoms in total. The number of pyridine rings is 2. The van der Waals surface area contributed by atoms with Gasteiger partial charge in [0.15, 0.2) is 11.3 Å². The zero-order valence-corrected chi connectivity index (χ0v) is 42.1. The first kappa shape index (κ1) is 52.7. The number of hydrogen-bond acceptors (Lipinski definition) is 12. The van der Waals surface area contributed by atoms with E-state index in [0.717, 1.165) is 49.7 Å². The Morgan fingerprint density at radius 2 is 0.851 bits per heavy atom. The van der Waals surface area contributed by atoms with Crippen LogP contribution in [0.25, 0.3) is 28.4 Å². The van der Waals surface area contributed by atoms with Gasteiger partial charge < -0.3 is 20.1 Å². The highest BCUT2D eigenvalue weighted by atomic mass is 79.9. The number of carbonyl (C=O) groups is 2. The van der Waals surface area contributed by atoms with Crippen molar-refractivity contribution in [2.45, 2.75) is 18.5 Å². The van der Waals surface area contributed by atoms with Crippen LogP contribution in [0.1, 0.15) is 46.4 Å². The molecule has 0 bridgehead atoms. The molecule has 6 aromatic carbocycles. The third kappa shape index (κ3) is 10.5. The molecule has 0 unspecified atom stereocenters. The van der Waals surface area contributed by atoms with Crippen molar-refractivity contribution in [3.05, 3.63) is 256 Å². The van der Waals surface area contributed by atoms with Gasteiger partial charge in [-0.25, -0.2) is 28.9 Å². The van der Waals surface area contributed by atoms with Gasteiger partial charge in [0.2, 0.25) is 0 Å². The van der Waals surface area contributed by atoms with Crippen LogP contribution in [0.15, 0.2) is 217 Å². The number of nitrogens with one attached hydrogen (secondary N) is 2. The normalized spacial score (nSPS) is 11.0. The highest BCUT2D eigenvalue weighted by Crippen LogP contribution is 2.44. The minimum Gasteiger partial charge on any atom is -0.466 e. The van der Waals surface area contributed by atoms with Gasteiger partial charge in [0, 0.05) is 31.8 Å². The lowest BCUT2D eigenvalue weighted by Crippen LogP contribution is -2.38. The summed E-state index contributed by atoms with van der Waals surface area (Å²) in [5.41, 5.74) is 7.90. The highest BCUT2D eigenvalue weighted by Gasteiger charge is 2.43. The first-order valence-corrected chi connectivity index (χ1v) is 23.9. The van der Waals surface area contributed by atoms with Gasteiger partial charge >= 0.3 is 11.9 Å². The van der Waals surface area contributed by atoms with Crippen molar-refractivity contribution in [1.29, 1.82) is 0 Å². The predicted octanol–water partition coefficient (Wildman–Crippen LogP) is 11.3. The van der Waals surface area contributed by atoms with Crippen molar-refractivity contribution >= 4 is 67.9 Å². The second-order valence-corrected chi connectivity index (χ2v) is 17.0. The van der Waals surface area contributed by atoms with Crippen molar-refractivity contribution in [3.8, 4) is 0 Å². The number of methoxy groups -OCH3 is 2. The third-order valence-electron chi connectivity index (χ3n) is 12.1. The molecule has 372 valence electrons. The summed E-state index contributed by atoms with van der Waals surface area (Å²) in [7, 11) is 6.31. The molecular weight excluding hydrogens is 993 g/mol. The average Bonchev–Trinajstić information content (AvgIpc) is 4.11. The molecule has 0 saturated heterocycles. The monoisotopic (exact) mass is 1050 g/mol. The number of ether oxygens (including phenoxy) is 2. The molecule has 0 aliphatic rings. The largest absolute Gasteiger partial charge is 0.466 e. The van der Waals surface area contributed by atoms with Gasteiger partial charge in [0.25, 0.3) is 0 Å². The van der Waals surface area contributed by atoms with Gasteiger partial charge in [-0.3, -0.25) is 0 Å². The maximum Gasteiger partial charge on any atom is 0.330 e. The van der Waals surface area contributed by atoms with Crippen molar-refractivity contribution in [3.63, 3.8) is 0 Å². The molecule has 0 amide bonds. The zero-order valence-electron chi connectivity index (χ0n) is 40.5. The van der Waals surface area contributed by atoms with Crippen LogP contribution in [0, 0.1) is 0 Å². The number of anilines is 2. The Morgan fingerprint density at radius 1 is 0.527 bits per heavy atom. The number of aromatic nitrogens is 8. The molecule has 0 atom stereocenters. The van der Waals surface area contributed by atoms with Crippen molar-refractivity contribution < 1.29 is 19.1 Å². The smallest absolute Gasteiger partial charge is 0.330 e. The van der Waals surface area contributed by atoms with E-state index in [0.29, 0.717) is 33.7 Å². The number of halogens is 1. The second-order valence-electron chi connectivity index (χ2n) is 16.1. The summed E-state index contributed by atoms with van der Waals surface area (Å²) < 4.78 is 13.6. The summed E-state index contributed by atoms with van der Waals surface area (Å²) in [6, 6.07) is 65.6. The Morgan fingerprint density at radius 3 is 1.16 bits per heavy atom. The van der Waals surface area contributed by atoms with E-state index in [1.165, 1.54) is 20.3 Å². The molecule has 0 saturated carbocycles. The van der Waals surface area contributed by atoms with Crippen LogP contribution < -0.4 is 10.6 Å². The third-order valence-corrected chi connectivity index (χ3v) is 12.7. The van der Waals surface area contributed by atoms with Crippen LogP contribution in [-0.4, -0.2) is 80.2 Å². The minimum atomic E-state index is -0.860. The van der Waals surface area contributed by atoms with E-state index in [9.17, 15) is 9.59 Å². The van der Waals surface area contributed by atoms with E-state index in [2.05, 4.69) is 162 Å². The summed E-state index contributed by atoms with van der Waals surface area (Å²) in [5, 5.41) is 24.7. The van der Waals surface area contributed by atoms with Gasteiger partial charge in [-0.15, -0.1) is 10.2 Å². The Hall–Kier alpha value is -9.08. The molecule has 4 aromatic heterocycles. The summed E-state index contributed by atoms with van der Waals surface area (Å²) >= 11 is 3.64. The standard InChI is InChI=1S/C29H25N5O2.C25H20BrN5.C4H6O2.CH4/c1-30-25-20-21(18-19-26(35)36-2)27-28(31-25)34(33-32-27)29(22-12-6-3-7-13-22,23-14-8-4-9-15-23)24-16-10-5-11-17-24;1-27-22-17-21(26)23-24(28-22)31(30-29-23)25(18-11-5-2-6-12-18,19-13-7-3-8-14-19)20-15-9-4-10-16-20;1-3-4(5)6-2;/h3-20H,1-2H3,(H,30,31);2-17H,1H3,(H,27,28);3H,1H2,2H3;1H4/b19-18+;;;. The van der Waals surface area contributed by atoms with Gasteiger partial charge in [-0.05, 0) is 67.5 Å². The molecular formula is C59H55BrN10O4. The molecule has 74 heavy (non-hydrogen) atoms. The van der Waals surface area contributed by atoms with Crippen molar-refractivity contribution in [2.24, 2.45) is 0 Å². The topological polar surface area (TPSA) is 164 Å². The van der Waals surface area contributed by atoms with Gasteiger partial charge in [0.1, 0.15) is 33.7 Å². The van der Waals surface area contributed by atoms with Crippen molar-refractivity contribution in [1.82, 2.24) is 40.0 Å². The van der Waals surface area contributed by atoms with Crippen LogP contribution in [0.2, 0.25) is 0 Å². The lowest BCUT2D eigenvalue weighted by Gasteiger charge is -2.36. The average molecular weight is 1050 g/mol. The number of benzene rings is 6. The lowest BCUT2D eigenvalue weighted by atomic mass is 9.77. The first-order chi connectivity index (χ1) is 35.7. The Kier molecular flexibility index (Phi) is 17.4. The van der Waals surface area contributed by atoms with Gasteiger partial charge in [0.05, 0.1) is 18.7 Å². The summed E-state index contributed by atoms with van der Waals surface area (Å²) in [6.45, 7) is 3.16. The maximum absolute atomic E-state index is 11.8. The van der Waals surface area contributed by atoms with E-state index in [1.807, 2.05) is 101 Å². The fourth-order valence-electron chi connectivity index (χ4n) is 8.75. The van der Waals surface area contributed by atoms with E-state index >= 15 is 0 Å². The maximum atomic E-state index is 11.8. The van der Waals surface area contributed by atoms with Crippen LogP contribution in [0.4, 0.5) is 11.6 Å². The highest BCUT2D eigenvalue weighted by molar-refractivity contribution is 9.10. The molecule has 0 radical (unpaired) electrons. The molecule has 4 heterocycles. The van der Waals surface area contributed by atoms with E-state index in [-0.39, 0.29) is 7.43 Å². The fraction of sp³-hybridized carbons (Fsp3) is 0.119. The van der Waals surface area contributed by atoms with E-state index < -0.39 is 23.0 Å². The fourth-order valence-corrected chi connectivity index (χ4v) is 9.22. The van der Waals surface area contributed by atoms with Gasteiger partial charge in [-0.2, -0.15) is 0 Å². The lowest BCUT2D eigenvalue weighted by molar-refractivity contribution is -0.135. The molecule has 15 heteroatoms. The minimum absolute atomic E-state index is 0. The number of esters is 2. The Bertz CT molecular complexity index is 3280. The summed E-state index contributed by atoms with van der Waals surface area (Å²) in [5.74, 6) is 0.519.